The molecule has 1 amide bonds. The van der Waals surface area contributed by atoms with E-state index in [-0.39, 0.29) is 12.5 Å². The molecule has 1 aromatic heterocycles. The summed E-state index contributed by atoms with van der Waals surface area (Å²) in [6, 6.07) is 3.24. The quantitative estimate of drug-likeness (QED) is 0.594. The number of rotatable bonds is 7. The van der Waals surface area contributed by atoms with Gasteiger partial charge in [-0.2, -0.15) is 0 Å². The van der Waals surface area contributed by atoms with Crippen molar-refractivity contribution in [2.45, 2.75) is 19.3 Å². The van der Waals surface area contributed by atoms with Crippen molar-refractivity contribution in [3.63, 3.8) is 0 Å². The first-order valence-corrected chi connectivity index (χ1v) is 6.68. The molecule has 0 unspecified atom stereocenters. The molecule has 0 saturated carbocycles. The van der Waals surface area contributed by atoms with Crippen LogP contribution in [0.15, 0.2) is 12.1 Å². The Morgan fingerprint density at radius 3 is 2.79 bits per heavy atom. The van der Waals surface area contributed by atoms with Gasteiger partial charge in [0.2, 0.25) is 0 Å². The normalized spacial score (nSPS) is 10.3. The second-order valence-electron chi connectivity index (χ2n) is 4.32. The molecule has 0 aromatic carbocycles. The number of anilines is 1. The smallest absolute Gasteiger partial charge is 0.253 e. The molecule has 5 nitrogen and oxygen atoms in total. The van der Waals surface area contributed by atoms with Crippen molar-refractivity contribution in [3.8, 4) is 0 Å². The van der Waals surface area contributed by atoms with Crippen molar-refractivity contribution in [1.29, 1.82) is 0 Å². The van der Waals surface area contributed by atoms with E-state index in [0.29, 0.717) is 23.1 Å². The largest absolute Gasteiger partial charge is 0.396 e. The maximum Gasteiger partial charge on any atom is 0.253 e. The first kappa shape index (κ1) is 15.7. The van der Waals surface area contributed by atoms with Gasteiger partial charge in [0.05, 0.1) is 0 Å². The standard InChI is InChI=1S/C13H20ClN3O2/c1-15-12-9-10(8-11(14)16-12)13(19)17(2)6-4-3-5-7-18/h8-9,18H,3-7H2,1-2H3,(H,15,16). The molecule has 0 aliphatic rings. The average molecular weight is 286 g/mol. The summed E-state index contributed by atoms with van der Waals surface area (Å²) in [5.74, 6) is 0.495. The number of carbonyl (C=O) groups is 1. The number of nitrogens with zero attached hydrogens (tertiary/aromatic N) is 2. The highest BCUT2D eigenvalue weighted by molar-refractivity contribution is 6.29. The predicted molar refractivity (Wildman–Crippen MR) is 76.7 cm³/mol. The molecule has 1 rings (SSSR count). The van der Waals surface area contributed by atoms with Gasteiger partial charge in [-0.05, 0) is 31.4 Å². The van der Waals surface area contributed by atoms with E-state index in [2.05, 4.69) is 10.3 Å². The van der Waals surface area contributed by atoms with Crippen LogP contribution in [0.5, 0.6) is 0 Å². The Balaban J connectivity index is 2.63. The lowest BCUT2D eigenvalue weighted by Gasteiger charge is -2.17. The van der Waals surface area contributed by atoms with Gasteiger partial charge in [-0.25, -0.2) is 4.98 Å². The Kier molecular flexibility index (Phi) is 6.59. The Labute approximate surface area is 118 Å². The van der Waals surface area contributed by atoms with Gasteiger partial charge in [0.15, 0.2) is 0 Å². The molecule has 0 saturated heterocycles. The summed E-state index contributed by atoms with van der Waals surface area (Å²) in [6.07, 6.45) is 2.56. The number of unbranched alkanes of at least 4 members (excludes halogenated alkanes) is 2. The number of carbonyl (C=O) groups excluding carboxylic acids is 1. The van der Waals surface area contributed by atoms with Crippen LogP contribution in [0.1, 0.15) is 29.6 Å². The molecule has 1 aromatic rings. The number of aliphatic hydroxyl groups is 1. The summed E-state index contributed by atoms with van der Waals surface area (Å²) >= 11 is 5.87. The topological polar surface area (TPSA) is 65.5 Å². The van der Waals surface area contributed by atoms with Gasteiger partial charge < -0.3 is 15.3 Å². The maximum atomic E-state index is 12.2. The van der Waals surface area contributed by atoms with Gasteiger partial charge in [-0.1, -0.05) is 11.6 Å². The van der Waals surface area contributed by atoms with E-state index in [1.165, 1.54) is 0 Å². The first-order chi connectivity index (χ1) is 9.08. The SMILES string of the molecule is CNc1cc(C(=O)N(C)CCCCCO)cc(Cl)n1. The lowest BCUT2D eigenvalue weighted by Crippen LogP contribution is -2.28. The lowest BCUT2D eigenvalue weighted by atomic mass is 10.2. The van der Waals surface area contributed by atoms with Crippen LogP contribution in [0.2, 0.25) is 5.15 Å². The number of pyridine rings is 1. The molecular formula is C13H20ClN3O2. The predicted octanol–water partition coefficient (Wildman–Crippen LogP) is 2.01. The summed E-state index contributed by atoms with van der Waals surface area (Å²) < 4.78 is 0. The highest BCUT2D eigenvalue weighted by Crippen LogP contribution is 2.15. The third-order valence-corrected chi connectivity index (χ3v) is 2.99. The van der Waals surface area contributed by atoms with Crippen molar-refractivity contribution >= 4 is 23.3 Å². The maximum absolute atomic E-state index is 12.2. The molecule has 0 bridgehead atoms. The van der Waals surface area contributed by atoms with Crippen LogP contribution < -0.4 is 5.32 Å². The minimum absolute atomic E-state index is 0.0789. The summed E-state index contributed by atoms with van der Waals surface area (Å²) in [6.45, 7) is 0.858. The molecule has 19 heavy (non-hydrogen) atoms. The van der Waals surface area contributed by atoms with Gasteiger partial charge in [0, 0.05) is 32.8 Å². The highest BCUT2D eigenvalue weighted by atomic mass is 35.5. The molecule has 0 aliphatic heterocycles. The zero-order valence-electron chi connectivity index (χ0n) is 11.3. The summed E-state index contributed by atoms with van der Waals surface area (Å²) in [5, 5.41) is 11.9. The fourth-order valence-electron chi connectivity index (χ4n) is 1.71. The molecule has 0 spiro atoms. The molecular weight excluding hydrogens is 266 g/mol. The average Bonchev–Trinajstić information content (AvgIpc) is 2.41. The highest BCUT2D eigenvalue weighted by Gasteiger charge is 2.13. The minimum atomic E-state index is -0.0789. The number of aromatic nitrogens is 1. The first-order valence-electron chi connectivity index (χ1n) is 6.30. The third kappa shape index (κ3) is 5.04. The molecule has 106 valence electrons. The summed E-state index contributed by atoms with van der Waals surface area (Å²) in [4.78, 5) is 17.9. The van der Waals surface area contributed by atoms with Crippen molar-refractivity contribution in [2.75, 3.05) is 32.6 Å². The van der Waals surface area contributed by atoms with E-state index in [1.807, 2.05) is 0 Å². The van der Waals surface area contributed by atoms with E-state index in [1.54, 1.807) is 31.1 Å². The Hall–Kier alpha value is -1.33. The Morgan fingerprint density at radius 2 is 2.16 bits per heavy atom. The Bertz CT molecular complexity index is 426. The molecule has 0 atom stereocenters. The number of hydrogen-bond acceptors (Lipinski definition) is 4. The molecule has 0 aliphatic carbocycles. The van der Waals surface area contributed by atoms with Crippen LogP contribution in [0.4, 0.5) is 5.82 Å². The van der Waals surface area contributed by atoms with Crippen molar-refractivity contribution in [2.24, 2.45) is 0 Å². The number of halogens is 1. The zero-order chi connectivity index (χ0) is 14.3. The number of amides is 1. The Morgan fingerprint density at radius 1 is 1.42 bits per heavy atom. The van der Waals surface area contributed by atoms with Crippen molar-refractivity contribution < 1.29 is 9.90 Å². The van der Waals surface area contributed by atoms with Crippen LogP contribution in [0.3, 0.4) is 0 Å². The van der Waals surface area contributed by atoms with E-state index in [9.17, 15) is 4.79 Å². The number of hydrogen-bond donors (Lipinski definition) is 2. The summed E-state index contributed by atoms with van der Waals surface area (Å²) in [7, 11) is 3.49. The van der Waals surface area contributed by atoms with E-state index in [4.69, 9.17) is 16.7 Å². The van der Waals surface area contributed by atoms with Gasteiger partial charge in [0.25, 0.3) is 5.91 Å². The van der Waals surface area contributed by atoms with Crippen LogP contribution >= 0.6 is 11.6 Å². The second-order valence-corrected chi connectivity index (χ2v) is 4.71. The fourth-order valence-corrected chi connectivity index (χ4v) is 1.92. The molecule has 0 fully saturated rings. The second kappa shape index (κ2) is 7.96. The number of aliphatic hydroxyl groups excluding tert-OH is 1. The van der Waals surface area contributed by atoms with Gasteiger partial charge in [0.1, 0.15) is 11.0 Å². The van der Waals surface area contributed by atoms with Gasteiger partial charge in [-0.3, -0.25) is 4.79 Å². The van der Waals surface area contributed by atoms with Crippen LogP contribution in [0, 0.1) is 0 Å². The third-order valence-electron chi connectivity index (χ3n) is 2.80. The molecule has 0 radical (unpaired) electrons. The van der Waals surface area contributed by atoms with Crippen molar-refractivity contribution in [1.82, 2.24) is 9.88 Å². The van der Waals surface area contributed by atoms with E-state index in [0.717, 1.165) is 19.3 Å². The summed E-state index contributed by atoms with van der Waals surface area (Å²) in [5.41, 5.74) is 0.522. The van der Waals surface area contributed by atoms with Gasteiger partial charge in [-0.15, -0.1) is 0 Å². The molecule has 6 heteroatoms. The van der Waals surface area contributed by atoms with E-state index >= 15 is 0 Å². The monoisotopic (exact) mass is 285 g/mol. The van der Waals surface area contributed by atoms with Crippen LogP contribution in [-0.2, 0) is 0 Å². The molecule has 2 N–H and O–H groups in total. The lowest BCUT2D eigenvalue weighted by molar-refractivity contribution is 0.0792. The van der Waals surface area contributed by atoms with E-state index < -0.39 is 0 Å². The fraction of sp³-hybridized carbons (Fsp3) is 0.538. The minimum Gasteiger partial charge on any atom is -0.396 e. The van der Waals surface area contributed by atoms with Crippen molar-refractivity contribution in [3.05, 3.63) is 22.8 Å². The molecule has 1 heterocycles. The zero-order valence-corrected chi connectivity index (χ0v) is 12.1. The van der Waals surface area contributed by atoms with Gasteiger partial charge >= 0.3 is 0 Å². The van der Waals surface area contributed by atoms with Crippen LogP contribution in [0.25, 0.3) is 0 Å². The number of nitrogens with one attached hydrogen (secondary N) is 1. The van der Waals surface area contributed by atoms with Crippen LogP contribution in [-0.4, -0.2) is 48.1 Å².